The maximum Gasteiger partial charge on any atom is 1.00 e. The second-order valence-electron chi connectivity index (χ2n) is 5.16. The van der Waals surface area contributed by atoms with Gasteiger partial charge >= 0.3 is 58.2 Å². The predicted molar refractivity (Wildman–Crippen MR) is 96.6 cm³/mol. The van der Waals surface area contributed by atoms with Crippen LogP contribution >= 0.6 is 0 Å². The van der Waals surface area contributed by atoms with Gasteiger partial charge in [0.05, 0.1) is 0 Å². The Hall–Kier alpha value is 0.785. The van der Waals surface area contributed by atoms with Crippen LogP contribution in [0.1, 0.15) is 53.0 Å². The Morgan fingerprint density at radius 2 is 1.50 bits per heavy atom. The van der Waals surface area contributed by atoms with Gasteiger partial charge in [-0.15, -0.1) is 12.7 Å². The molecule has 0 unspecified atom stereocenters. The molecule has 0 N–H and O–H groups in total. The van der Waals surface area contributed by atoms with E-state index in [1.54, 1.807) is 0 Å². The third-order valence-corrected chi connectivity index (χ3v) is 3.79. The van der Waals surface area contributed by atoms with E-state index < -0.39 is 0 Å². The van der Waals surface area contributed by atoms with Crippen LogP contribution in [0.3, 0.4) is 0 Å². The van der Waals surface area contributed by atoms with Crippen molar-refractivity contribution in [1.29, 1.82) is 0 Å². The minimum absolute atomic E-state index is 0. The molecule has 0 atom stereocenters. The molecule has 122 valence electrons. The Labute approximate surface area is 188 Å². The number of likely N-dealkylation sites (tertiary alicyclic amines) is 1. The molecule has 1 saturated heterocycles. The summed E-state index contributed by atoms with van der Waals surface area (Å²) in [6.07, 6.45) is 3.90. The monoisotopic (exact) mass is 376 g/mol. The van der Waals surface area contributed by atoms with Crippen LogP contribution in [0.4, 0.5) is 5.69 Å². The zero-order valence-corrected chi connectivity index (χ0v) is 20.9. The number of piperidine rings is 1. The minimum atomic E-state index is 0. The molecule has 0 aromatic heterocycles. The van der Waals surface area contributed by atoms with E-state index in [2.05, 4.69) is 41.4 Å². The van der Waals surface area contributed by atoms with Crippen molar-refractivity contribution in [3.05, 3.63) is 35.1 Å². The van der Waals surface area contributed by atoms with Crippen molar-refractivity contribution in [2.75, 3.05) is 26.7 Å². The smallest absolute Gasteiger partial charge is 0.687 e. The van der Waals surface area contributed by atoms with Gasteiger partial charge < -0.3 is 10.2 Å². The number of nitrogens with zero attached hydrogens (tertiary/aromatic N) is 2. The molecule has 0 aliphatic carbocycles. The van der Waals surface area contributed by atoms with Gasteiger partial charge in [-0.2, -0.15) is 0 Å². The van der Waals surface area contributed by atoms with Gasteiger partial charge in [0.25, 0.3) is 0 Å². The van der Waals surface area contributed by atoms with E-state index in [-0.39, 0.29) is 58.2 Å². The van der Waals surface area contributed by atoms with Crippen molar-refractivity contribution in [2.45, 2.75) is 53.9 Å². The van der Waals surface area contributed by atoms with Gasteiger partial charge in [0.1, 0.15) is 0 Å². The van der Waals surface area contributed by atoms with Crippen LogP contribution < -0.4 is 58.2 Å². The number of hydrogen-bond acceptors (Lipinski definition) is 1. The second kappa shape index (κ2) is 16.6. The predicted octanol–water partition coefficient (Wildman–Crippen LogP) is 2.65. The van der Waals surface area contributed by atoms with Crippen LogP contribution in [0.15, 0.2) is 24.3 Å². The summed E-state index contributed by atoms with van der Waals surface area (Å²) in [6.45, 7) is 14.1. The van der Waals surface area contributed by atoms with Crippen LogP contribution in [0.2, 0.25) is 0 Å². The molecule has 0 radical (unpaired) electrons. The van der Waals surface area contributed by atoms with E-state index in [4.69, 9.17) is 0 Å². The van der Waals surface area contributed by atoms with Crippen molar-refractivity contribution >= 4 is 5.69 Å². The fourth-order valence-corrected chi connectivity index (χ4v) is 2.38. The summed E-state index contributed by atoms with van der Waals surface area (Å²) in [6, 6.07) is 8.62. The Morgan fingerprint density at radius 1 is 1.00 bits per heavy atom. The van der Waals surface area contributed by atoms with Crippen molar-refractivity contribution in [3.8, 4) is 0 Å². The van der Waals surface area contributed by atoms with E-state index in [9.17, 15) is 0 Å². The van der Waals surface area contributed by atoms with E-state index in [0.717, 1.165) is 11.6 Å². The first-order valence-electron chi connectivity index (χ1n) is 8.69. The van der Waals surface area contributed by atoms with Gasteiger partial charge in [0.2, 0.25) is 0 Å². The quantitative estimate of drug-likeness (QED) is 0.789. The van der Waals surface area contributed by atoms with Crippen LogP contribution in [-0.4, -0.2) is 31.6 Å². The summed E-state index contributed by atoms with van der Waals surface area (Å²) >= 11 is 0. The number of rotatable bonds is 4. The topological polar surface area (TPSA) is 17.3 Å². The molecule has 1 aliphatic heterocycles. The minimum Gasteiger partial charge on any atom is -0.687 e. The fraction of sp³-hybridized carbons (Fsp3) is 0.684. The summed E-state index contributed by atoms with van der Waals surface area (Å²) in [5.74, 6) is 0.927. The van der Waals surface area contributed by atoms with E-state index >= 15 is 0 Å². The Balaban J connectivity index is 0. The molecule has 0 bridgehead atoms. The van der Waals surface area contributed by atoms with Gasteiger partial charge in [-0.3, -0.25) is 0 Å². The summed E-state index contributed by atoms with van der Waals surface area (Å²) in [7, 11) is 1.84. The first-order chi connectivity index (χ1) is 10.3. The van der Waals surface area contributed by atoms with Gasteiger partial charge in [0, 0.05) is 6.54 Å². The zero-order valence-electron chi connectivity index (χ0n) is 16.0. The van der Waals surface area contributed by atoms with Crippen LogP contribution in [-0.2, 0) is 6.42 Å². The maximum absolute atomic E-state index is 4.16. The normalized spacial score (nSPS) is 14.6. The molecule has 1 aromatic rings. The molecule has 3 heteroatoms. The Kier molecular flexibility index (Phi) is 18.9. The Bertz CT molecular complexity index is 330. The van der Waals surface area contributed by atoms with Crippen LogP contribution in [0, 0.1) is 5.92 Å². The molecule has 0 amide bonds. The number of hydrogen-bond donors (Lipinski definition) is 0. The van der Waals surface area contributed by atoms with Crippen molar-refractivity contribution in [1.82, 2.24) is 4.90 Å². The standard InChI is InChI=1S/C15H23N2.2C2H6.Rb/c1-13-7-10-17(11-8-13)12-9-14-3-5-15(16-2)6-4-14;2*1-2;/h3-6,13H,7-12H2,1-2H3;2*1-2H3;/q-1;;;+1. The first kappa shape index (κ1) is 25.0. The zero-order chi connectivity index (χ0) is 16.1. The molecule has 2 rings (SSSR count). The molecule has 1 aliphatic rings. The van der Waals surface area contributed by atoms with Crippen molar-refractivity contribution in [3.63, 3.8) is 0 Å². The molecule has 1 aromatic carbocycles. The Morgan fingerprint density at radius 3 is 1.95 bits per heavy atom. The fourth-order valence-electron chi connectivity index (χ4n) is 2.38. The largest absolute Gasteiger partial charge is 1.00 e. The summed E-state index contributed by atoms with van der Waals surface area (Å²) in [5.41, 5.74) is 2.50. The van der Waals surface area contributed by atoms with Gasteiger partial charge in [-0.05, 0) is 43.8 Å². The van der Waals surface area contributed by atoms with Crippen molar-refractivity contribution < 1.29 is 58.2 Å². The average molecular weight is 377 g/mol. The molecular weight excluding hydrogens is 342 g/mol. The van der Waals surface area contributed by atoms with Gasteiger partial charge in [-0.25, -0.2) is 0 Å². The summed E-state index contributed by atoms with van der Waals surface area (Å²) in [4.78, 5) is 2.60. The molecule has 0 spiro atoms. The van der Waals surface area contributed by atoms with Crippen LogP contribution in [0.5, 0.6) is 0 Å². The molecular formula is C19H35N2Rb. The van der Waals surface area contributed by atoms with E-state index in [1.165, 1.54) is 44.5 Å². The third-order valence-electron chi connectivity index (χ3n) is 3.79. The molecule has 0 saturated carbocycles. The number of benzene rings is 1. The molecule has 2 nitrogen and oxygen atoms in total. The van der Waals surface area contributed by atoms with Crippen molar-refractivity contribution in [2.24, 2.45) is 5.92 Å². The first-order valence-corrected chi connectivity index (χ1v) is 8.69. The van der Waals surface area contributed by atoms with E-state index in [0.29, 0.717) is 0 Å². The molecule has 22 heavy (non-hydrogen) atoms. The SMILES string of the molecule is CC.CC.C[N-]c1ccc(CCN2CCC(C)CC2)cc1.[Rb+]. The van der Waals surface area contributed by atoms with Gasteiger partial charge in [0.15, 0.2) is 0 Å². The van der Waals surface area contributed by atoms with Crippen LogP contribution in [0.25, 0.3) is 5.32 Å². The molecule has 1 fully saturated rings. The molecule has 1 heterocycles. The van der Waals surface area contributed by atoms with Gasteiger partial charge in [-0.1, -0.05) is 58.9 Å². The summed E-state index contributed by atoms with van der Waals surface area (Å²) in [5, 5.41) is 4.16. The second-order valence-corrected chi connectivity index (χ2v) is 5.16. The van der Waals surface area contributed by atoms with E-state index in [1.807, 2.05) is 34.7 Å². The maximum atomic E-state index is 4.16. The average Bonchev–Trinajstić information content (AvgIpc) is 2.58. The summed E-state index contributed by atoms with van der Waals surface area (Å²) < 4.78 is 0. The third kappa shape index (κ3) is 10.5.